The minimum atomic E-state index is 0.584. The zero-order valence-electron chi connectivity index (χ0n) is 9.36. The van der Waals surface area contributed by atoms with Crippen LogP contribution in [0, 0.1) is 6.92 Å². The third-order valence-electron chi connectivity index (χ3n) is 2.68. The lowest BCUT2D eigenvalue weighted by atomic mass is 10.2. The fraction of sp³-hybridized carbons (Fsp3) is 0.200. The quantitative estimate of drug-likeness (QED) is 0.654. The Morgan fingerprint density at radius 1 is 1.12 bits per heavy atom. The molecule has 0 saturated carbocycles. The molecule has 0 unspecified atom stereocenters. The summed E-state index contributed by atoms with van der Waals surface area (Å²) < 4.78 is 3.74. The van der Waals surface area contributed by atoms with Crippen molar-refractivity contribution < 1.29 is 0 Å². The molecule has 3 aromatic rings. The summed E-state index contributed by atoms with van der Waals surface area (Å²) in [6.07, 6.45) is 1.95. The van der Waals surface area contributed by atoms with Crippen molar-refractivity contribution in [1.82, 2.24) is 29.4 Å². The number of aromatic nitrogens is 6. The van der Waals surface area contributed by atoms with Gasteiger partial charge in [-0.25, -0.2) is 0 Å². The van der Waals surface area contributed by atoms with Gasteiger partial charge in [0.2, 0.25) is 0 Å². The Hall–Kier alpha value is -1.89. The summed E-state index contributed by atoms with van der Waals surface area (Å²) >= 11 is 4.21. The number of nitrogens with zero attached hydrogens (tertiary/aromatic N) is 6. The first-order valence-corrected chi connectivity index (χ1v) is 5.51. The van der Waals surface area contributed by atoms with Gasteiger partial charge in [0, 0.05) is 18.8 Å². The number of rotatable bonds is 1. The largest absolute Gasteiger partial charge is 0.305 e. The molecule has 0 aliphatic rings. The van der Waals surface area contributed by atoms with Gasteiger partial charge in [-0.15, -0.1) is 33.0 Å². The highest BCUT2D eigenvalue weighted by atomic mass is 32.1. The number of hydrogen-bond donors (Lipinski definition) is 1. The van der Waals surface area contributed by atoms with Crippen molar-refractivity contribution in [2.45, 2.75) is 12.1 Å². The second-order valence-corrected chi connectivity index (χ2v) is 4.18. The van der Waals surface area contributed by atoms with Gasteiger partial charge in [0.25, 0.3) is 0 Å². The van der Waals surface area contributed by atoms with Crippen LogP contribution < -0.4 is 0 Å². The molecule has 6 nitrogen and oxygen atoms in total. The van der Waals surface area contributed by atoms with E-state index >= 15 is 0 Å². The summed E-state index contributed by atoms with van der Waals surface area (Å²) in [5.41, 5.74) is 1.77. The molecule has 0 aromatic carbocycles. The van der Waals surface area contributed by atoms with Crippen molar-refractivity contribution in [3.05, 3.63) is 24.2 Å². The van der Waals surface area contributed by atoms with Crippen molar-refractivity contribution in [2.24, 2.45) is 7.05 Å². The summed E-state index contributed by atoms with van der Waals surface area (Å²) in [7, 11) is 1.88. The van der Waals surface area contributed by atoms with Gasteiger partial charge < -0.3 is 4.57 Å². The van der Waals surface area contributed by atoms with Gasteiger partial charge >= 0.3 is 0 Å². The number of fused-ring (bicyclic) bond motifs is 1. The predicted molar refractivity (Wildman–Crippen MR) is 65.0 cm³/mol. The minimum absolute atomic E-state index is 0.584. The summed E-state index contributed by atoms with van der Waals surface area (Å²) in [5.74, 6) is 1.61. The first-order chi connectivity index (χ1) is 8.16. The molecule has 3 heterocycles. The van der Waals surface area contributed by atoms with Crippen LogP contribution in [0.2, 0.25) is 0 Å². The van der Waals surface area contributed by atoms with E-state index in [1.165, 1.54) is 0 Å². The maximum atomic E-state index is 4.21. The van der Waals surface area contributed by atoms with E-state index in [0.717, 1.165) is 22.9 Å². The van der Waals surface area contributed by atoms with Crippen LogP contribution in [0.5, 0.6) is 0 Å². The van der Waals surface area contributed by atoms with Crippen LogP contribution in [-0.2, 0) is 7.05 Å². The molecule has 0 atom stereocenters. The highest BCUT2D eigenvalue weighted by molar-refractivity contribution is 7.80. The molecule has 0 bridgehead atoms. The number of hydrogen-bond acceptors (Lipinski definition) is 5. The highest BCUT2D eigenvalue weighted by Gasteiger charge is 2.10. The number of thiol groups is 1. The van der Waals surface area contributed by atoms with E-state index in [1.54, 1.807) is 0 Å². The van der Waals surface area contributed by atoms with Crippen LogP contribution in [0.4, 0.5) is 0 Å². The summed E-state index contributed by atoms with van der Waals surface area (Å²) in [5, 5.41) is 16.6. The average Bonchev–Trinajstić information content (AvgIpc) is 2.85. The summed E-state index contributed by atoms with van der Waals surface area (Å²) in [6, 6.07) is 3.85. The van der Waals surface area contributed by atoms with Crippen molar-refractivity contribution in [1.29, 1.82) is 0 Å². The van der Waals surface area contributed by atoms with Gasteiger partial charge in [0.15, 0.2) is 16.6 Å². The molecule has 7 heteroatoms. The molecule has 86 valence electrons. The Bertz CT molecular complexity index is 698. The molecule has 17 heavy (non-hydrogen) atoms. The first kappa shape index (κ1) is 10.3. The molecule has 0 N–H and O–H groups in total. The van der Waals surface area contributed by atoms with Crippen LogP contribution in [0.1, 0.15) is 5.82 Å². The van der Waals surface area contributed by atoms with E-state index in [2.05, 4.69) is 33.0 Å². The van der Waals surface area contributed by atoms with Crippen LogP contribution in [-0.4, -0.2) is 29.4 Å². The Morgan fingerprint density at radius 2 is 1.94 bits per heavy atom. The molecular formula is C10H10N6S. The number of pyridine rings is 1. The zero-order chi connectivity index (χ0) is 12.0. The van der Waals surface area contributed by atoms with E-state index in [0.29, 0.717) is 5.16 Å². The standard InChI is InChI=1S/C10H10N6S/c1-6-11-12-8-4-3-7(5-16(6)8)9-13-14-10(17)15(9)2/h3-5H,1-2H3,(H,14,17). The molecule has 0 spiro atoms. The van der Waals surface area contributed by atoms with Gasteiger partial charge in [-0.05, 0) is 19.1 Å². The molecule has 0 fully saturated rings. The van der Waals surface area contributed by atoms with Crippen LogP contribution in [0.3, 0.4) is 0 Å². The second-order valence-electron chi connectivity index (χ2n) is 3.78. The molecule has 0 aliphatic carbocycles. The fourth-order valence-corrected chi connectivity index (χ4v) is 1.85. The fourth-order valence-electron chi connectivity index (χ4n) is 1.71. The molecule has 0 amide bonds. The maximum absolute atomic E-state index is 4.21. The van der Waals surface area contributed by atoms with E-state index in [4.69, 9.17) is 0 Å². The maximum Gasteiger partial charge on any atom is 0.188 e. The van der Waals surface area contributed by atoms with E-state index in [1.807, 2.05) is 41.3 Å². The second kappa shape index (κ2) is 3.56. The molecule has 3 aromatic heterocycles. The van der Waals surface area contributed by atoms with Gasteiger partial charge in [-0.3, -0.25) is 4.40 Å². The number of aryl methyl sites for hydroxylation is 1. The predicted octanol–water partition coefficient (Wildman–Crippen LogP) is 1.12. The Balaban J connectivity index is 2.24. The Labute approximate surface area is 103 Å². The van der Waals surface area contributed by atoms with Crippen molar-refractivity contribution in [3.8, 4) is 11.4 Å². The van der Waals surface area contributed by atoms with Crippen molar-refractivity contribution in [2.75, 3.05) is 0 Å². The van der Waals surface area contributed by atoms with Gasteiger partial charge in [-0.2, -0.15) is 0 Å². The van der Waals surface area contributed by atoms with Crippen LogP contribution in [0.15, 0.2) is 23.5 Å². The molecule has 3 rings (SSSR count). The lowest BCUT2D eigenvalue weighted by Crippen LogP contribution is -1.95. The monoisotopic (exact) mass is 246 g/mol. The summed E-state index contributed by atoms with van der Waals surface area (Å²) in [4.78, 5) is 0. The molecule has 0 saturated heterocycles. The first-order valence-electron chi connectivity index (χ1n) is 5.07. The lowest BCUT2D eigenvalue weighted by Gasteiger charge is -2.02. The summed E-state index contributed by atoms with van der Waals surface area (Å²) in [6.45, 7) is 1.91. The SMILES string of the molecule is Cc1nnc2ccc(-c3nnc(S)n3C)cn12. The third-order valence-corrected chi connectivity index (χ3v) is 3.07. The highest BCUT2D eigenvalue weighted by Crippen LogP contribution is 2.19. The Kier molecular flexibility index (Phi) is 2.15. The lowest BCUT2D eigenvalue weighted by molar-refractivity contribution is 0.797. The topological polar surface area (TPSA) is 60.9 Å². The molecular weight excluding hydrogens is 236 g/mol. The average molecular weight is 246 g/mol. The van der Waals surface area contributed by atoms with Gasteiger partial charge in [0.05, 0.1) is 0 Å². The van der Waals surface area contributed by atoms with Crippen LogP contribution >= 0.6 is 12.6 Å². The third kappa shape index (κ3) is 1.50. The van der Waals surface area contributed by atoms with Crippen molar-refractivity contribution >= 4 is 18.3 Å². The van der Waals surface area contributed by atoms with E-state index in [9.17, 15) is 0 Å². The zero-order valence-corrected chi connectivity index (χ0v) is 10.3. The minimum Gasteiger partial charge on any atom is -0.305 e. The van der Waals surface area contributed by atoms with Crippen LogP contribution in [0.25, 0.3) is 17.0 Å². The van der Waals surface area contributed by atoms with E-state index < -0.39 is 0 Å². The van der Waals surface area contributed by atoms with Crippen molar-refractivity contribution in [3.63, 3.8) is 0 Å². The molecule has 0 radical (unpaired) electrons. The molecule has 0 aliphatic heterocycles. The van der Waals surface area contributed by atoms with Gasteiger partial charge in [-0.1, -0.05) is 0 Å². The van der Waals surface area contributed by atoms with E-state index in [-0.39, 0.29) is 0 Å². The Morgan fingerprint density at radius 3 is 2.65 bits per heavy atom. The normalized spacial score (nSPS) is 11.2. The smallest absolute Gasteiger partial charge is 0.188 e. The van der Waals surface area contributed by atoms with Gasteiger partial charge in [0.1, 0.15) is 5.82 Å².